The van der Waals surface area contributed by atoms with Crippen LogP contribution in [-0.4, -0.2) is 16.3 Å². The Bertz CT molecular complexity index is 599. The molecule has 3 aromatic rings. The zero-order chi connectivity index (χ0) is 12.4. The van der Waals surface area contributed by atoms with Gasteiger partial charge in [0.25, 0.3) is 0 Å². The van der Waals surface area contributed by atoms with E-state index in [1.54, 1.807) is 0 Å². The maximum absolute atomic E-state index is 11.0. The van der Waals surface area contributed by atoms with Gasteiger partial charge in [-0.2, -0.15) is 0 Å². The molecule has 0 saturated carbocycles. The minimum atomic E-state index is 0.685. The van der Waals surface area contributed by atoms with Crippen molar-refractivity contribution in [3.05, 3.63) is 60.7 Å². The molecule has 3 rings (SSSR count). The van der Waals surface area contributed by atoms with Crippen molar-refractivity contribution >= 4 is 6.29 Å². The Morgan fingerprint density at radius 3 is 1.72 bits per heavy atom. The quantitative estimate of drug-likeness (QED) is 0.672. The van der Waals surface area contributed by atoms with E-state index in [0.717, 1.165) is 28.5 Å². The van der Waals surface area contributed by atoms with E-state index < -0.39 is 0 Å². The topological polar surface area (TPSA) is 48.6 Å². The fourth-order valence-corrected chi connectivity index (χ4v) is 2.06. The van der Waals surface area contributed by atoms with Crippen LogP contribution in [0.4, 0.5) is 0 Å². The van der Waals surface area contributed by atoms with E-state index in [-0.39, 0.29) is 0 Å². The lowest BCUT2D eigenvalue weighted by molar-refractivity contribution is 0.112. The molecule has 2 aromatic heterocycles. The van der Waals surface area contributed by atoms with Crippen molar-refractivity contribution in [2.24, 2.45) is 0 Å². The normalized spacial score (nSPS) is 10.4. The average Bonchev–Trinajstić information content (AvgIpc) is 3.10. The molecule has 2 heterocycles. The lowest BCUT2D eigenvalue weighted by Crippen LogP contribution is -1.85. The Labute approximate surface area is 104 Å². The Hall–Kier alpha value is -2.55. The van der Waals surface area contributed by atoms with Crippen molar-refractivity contribution in [3.63, 3.8) is 0 Å². The van der Waals surface area contributed by atoms with Gasteiger partial charge in [-0.1, -0.05) is 0 Å². The van der Waals surface area contributed by atoms with Crippen LogP contribution in [0.2, 0.25) is 0 Å². The second kappa shape index (κ2) is 4.37. The maximum atomic E-state index is 11.0. The lowest BCUT2D eigenvalue weighted by Gasteiger charge is -2.04. The first kappa shape index (κ1) is 10.6. The zero-order valence-corrected chi connectivity index (χ0v) is 9.68. The molecule has 1 aromatic carbocycles. The molecule has 3 heteroatoms. The van der Waals surface area contributed by atoms with Gasteiger partial charge in [-0.25, -0.2) is 0 Å². The van der Waals surface area contributed by atoms with Crippen LogP contribution in [0.3, 0.4) is 0 Å². The molecule has 0 amide bonds. The molecule has 88 valence electrons. The SMILES string of the molecule is O=Cc1cc(-c2cc[nH]c2)cc(-c2cc[nH]c2)c1. The average molecular weight is 236 g/mol. The molecular weight excluding hydrogens is 224 g/mol. The van der Waals surface area contributed by atoms with Crippen LogP contribution in [0.5, 0.6) is 0 Å². The summed E-state index contributed by atoms with van der Waals surface area (Å²) >= 11 is 0. The minimum absolute atomic E-state index is 0.685. The van der Waals surface area contributed by atoms with Crippen LogP contribution in [0.1, 0.15) is 10.4 Å². The second-order valence-corrected chi connectivity index (χ2v) is 4.16. The number of aromatic amines is 2. The van der Waals surface area contributed by atoms with Crippen molar-refractivity contribution in [1.29, 1.82) is 0 Å². The van der Waals surface area contributed by atoms with E-state index in [1.165, 1.54) is 0 Å². The summed E-state index contributed by atoms with van der Waals surface area (Å²) in [6, 6.07) is 9.85. The monoisotopic (exact) mass is 236 g/mol. The number of rotatable bonds is 3. The van der Waals surface area contributed by atoms with Gasteiger partial charge in [0.05, 0.1) is 0 Å². The molecular formula is C15H12N2O. The van der Waals surface area contributed by atoms with E-state index in [0.29, 0.717) is 5.56 Å². The first-order valence-corrected chi connectivity index (χ1v) is 5.73. The standard InChI is InChI=1S/C15H12N2O/c18-10-11-5-14(12-1-3-16-8-12)7-15(6-11)13-2-4-17-9-13/h1-10,16-17H. The van der Waals surface area contributed by atoms with Gasteiger partial charge in [0.2, 0.25) is 0 Å². The van der Waals surface area contributed by atoms with Gasteiger partial charge in [0.1, 0.15) is 6.29 Å². The van der Waals surface area contributed by atoms with Crippen LogP contribution in [-0.2, 0) is 0 Å². The molecule has 0 saturated heterocycles. The third kappa shape index (κ3) is 1.86. The summed E-state index contributed by atoms with van der Waals surface area (Å²) in [7, 11) is 0. The van der Waals surface area contributed by atoms with Crippen LogP contribution < -0.4 is 0 Å². The fraction of sp³-hybridized carbons (Fsp3) is 0. The van der Waals surface area contributed by atoms with Crippen LogP contribution in [0, 0.1) is 0 Å². The predicted octanol–water partition coefficient (Wildman–Crippen LogP) is 3.49. The molecule has 0 fully saturated rings. The van der Waals surface area contributed by atoms with Gasteiger partial charge in [-0.3, -0.25) is 4.79 Å². The Morgan fingerprint density at radius 1 is 0.778 bits per heavy atom. The molecule has 3 nitrogen and oxygen atoms in total. The third-order valence-corrected chi connectivity index (χ3v) is 2.95. The fourth-order valence-electron chi connectivity index (χ4n) is 2.06. The number of nitrogens with one attached hydrogen (secondary N) is 2. The van der Waals surface area contributed by atoms with Gasteiger partial charge >= 0.3 is 0 Å². The van der Waals surface area contributed by atoms with Gasteiger partial charge in [0.15, 0.2) is 0 Å². The van der Waals surface area contributed by atoms with Crippen LogP contribution in [0.25, 0.3) is 22.3 Å². The van der Waals surface area contributed by atoms with Gasteiger partial charge in [0, 0.05) is 30.4 Å². The van der Waals surface area contributed by atoms with Crippen molar-refractivity contribution < 1.29 is 4.79 Å². The van der Waals surface area contributed by atoms with Crippen molar-refractivity contribution in [2.45, 2.75) is 0 Å². The summed E-state index contributed by atoms with van der Waals surface area (Å²) in [6.07, 6.45) is 8.47. The number of aromatic nitrogens is 2. The number of carbonyl (C=O) groups excluding carboxylic acids is 1. The summed E-state index contributed by atoms with van der Waals surface area (Å²) < 4.78 is 0. The summed E-state index contributed by atoms with van der Waals surface area (Å²) in [5.74, 6) is 0. The Balaban J connectivity index is 2.16. The van der Waals surface area contributed by atoms with E-state index >= 15 is 0 Å². The highest BCUT2D eigenvalue weighted by Gasteiger charge is 2.05. The third-order valence-electron chi connectivity index (χ3n) is 2.95. The molecule has 0 spiro atoms. The minimum Gasteiger partial charge on any atom is -0.367 e. The van der Waals surface area contributed by atoms with E-state index in [1.807, 2.05) is 49.1 Å². The van der Waals surface area contributed by atoms with E-state index in [4.69, 9.17) is 0 Å². The number of hydrogen-bond donors (Lipinski definition) is 2. The molecule has 0 aliphatic carbocycles. The molecule has 0 unspecified atom stereocenters. The number of H-pyrrole nitrogens is 2. The second-order valence-electron chi connectivity index (χ2n) is 4.16. The molecule has 0 aliphatic heterocycles. The molecule has 0 atom stereocenters. The van der Waals surface area contributed by atoms with Gasteiger partial charge in [-0.15, -0.1) is 0 Å². The smallest absolute Gasteiger partial charge is 0.150 e. The van der Waals surface area contributed by atoms with Crippen molar-refractivity contribution in [1.82, 2.24) is 9.97 Å². The van der Waals surface area contributed by atoms with Gasteiger partial charge in [-0.05, 0) is 52.6 Å². The molecule has 0 radical (unpaired) electrons. The highest BCUT2D eigenvalue weighted by molar-refractivity contribution is 5.84. The zero-order valence-electron chi connectivity index (χ0n) is 9.68. The highest BCUT2D eigenvalue weighted by atomic mass is 16.1. The first-order valence-electron chi connectivity index (χ1n) is 5.73. The maximum Gasteiger partial charge on any atom is 0.150 e. The number of hydrogen-bond acceptors (Lipinski definition) is 1. The molecule has 2 N–H and O–H groups in total. The number of carbonyl (C=O) groups is 1. The molecule has 0 bridgehead atoms. The van der Waals surface area contributed by atoms with E-state index in [9.17, 15) is 4.79 Å². The van der Waals surface area contributed by atoms with Crippen LogP contribution in [0.15, 0.2) is 55.1 Å². The Kier molecular flexibility index (Phi) is 2.57. The summed E-state index contributed by atoms with van der Waals surface area (Å²) in [4.78, 5) is 17.1. The van der Waals surface area contributed by atoms with Crippen molar-refractivity contribution in [3.8, 4) is 22.3 Å². The summed E-state index contributed by atoms with van der Waals surface area (Å²) in [5, 5.41) is 0. The number of aldehydes is 1. The Morgan fingerprint density at radius 2 is 1.33 bits per heavy atom. The van der Waals surface area contributed by atoms with Crippen molar-refractivity contribution in [2.75, 3.05) is 0 Å². The van der Waals surface area contributed by atoms with E-state index in [2.05, 4.69) is 16.0 Å². The number of benzene rings is 1. The highest BCUT2D eigenvalue weighted by Crippen LogP contribution is 2.27. The first-order chi connectivity index (χ1) is 8.86. The van der Waals surface area contributed by atoms with Gasteiger partial charge < -0.3 is 9.97 Å². The molecule has 18 heavy (non-hydrogen) atoms. The summed E-state index contributed by atoms with van der Waals surface area (Å²) in [5.41, 5.74) is 4.92. The summed E-state index contributed by atoms with van der Waals surface area (Å²) in [6.45, 7) is 0. The largest absolute Gasteiger partial charge is 0.367 e. The predicted molar refractivity (Wildman–Crippen MR) is 71.4 cm³/mol. The van der Waals surface area contributed by atoms with Crippen LogP contribution >= 0.6 is 0 Å². The lowest BCUT2D eigenvalue weighted by atomic mass is 9.99. The molecule has 0 aliphatic rings.